The fourth-order valence-corrected chi connectivity index (χ4v) is 3.81. The number of nitriles is 1. The molecule has 6 nitrogen and oxygen atoms in total. The fraction of sp³-hybridized carbons (Fsp3) is 0.385. The summed E-state index contributed by atoms with van der Waals surface area (Å²) >= 11 is 0. The van der Waals surface area contributed by atoms with Crippen molar-refractivity contribution in [2.75, 3.05) is 13.1 Å². The Morgan fingerprint density at radius 3 is 2.60 bits per heavy atom. The summed E-state index contributed by atoms with van der Waals surface area (Å²) in [6.07, 6.45) is 0.543. The summed E-state index contributed by atoms with van der Waals surface area (Å²) in [4.78, 5) is 10.8. The quantitative estimate of drug-likeness (QED) is 0.894. The van der Waals surface area contributed by atoms with Crippen LogP contribution in [0.2, 0.25) is 0 Å². The molecule has 0 spiro atoms. The molecule has 7 heteroatoms. The van der Waals surface area contributed by atoms with Crippen LogP contribution < -0.4 is 0 Å². The second kappa shape index (κ2) is 5.61. The molecule has 1 aliphatic heterocycles. The Labute approximate surface area is 117 Å². The number of aliphatic carboxylic acids is 1. The van der Waals surface area contributed by atoms with Crippen LogP contribution >= 0.6 is 0 Å². The minimum atomic E-state index is -3.60. The zero-order valence-corrected chi connectivity index (χ0v) is 11.5. The zero-order chi connectivity index (χ0) is 14.8. The lowest BCUT2D eigenvalue weighted by molar-refractivity contribution is -0.137. The molecule has 0 aliphatic carbocycles. The van der Waals surface area contributed by atoms with Crippen molar-refractivity contribution in [2.24, 2.45) is 5.92 Å². The van der Waals surface area contributed by atoms with E-state index in [9.17, 15) is 13.2 Å². The summed E-state index contributed by atoms with van der Waals surface area (Å²) in [5, 5.41) is 17.4. The molecule has 1 heterocycles. The predicted octanol–water partition coefficient (Wildman–Crippen LogP) is 1.04. The van der Waals surface area contributed by atoms with E-state index in [1.54, 1.807) is 0 Å². The maximum atomic E-state index is 12.4. The number of hydrogen-bond acceptors (Lipinski definition) is 4. The van der Waals surface area contributed by atoms with Crippen molar-refractivity contribution in [3.05, 3.63) is 29.8 Å². The topological polar surface area (TPSA) is 98.5 Å². The van der Waals surface area contributed by atoms with E-state index < -0.39 is 16.0 Å². The molecule has 1 N–H and O–H groups in total. The van der Waals surface area contributed by atoms with Crippen molar-refractivity contribution in [1.29, 1.82) is 5.26 Å². The standard InChI is InChI=1S/C13H14N2O4S/c14-8-10-1-3-12(4-2-10)20(18,19)15-6-5-11(9-15)7-13(16)17/h1-4,11H,5-7,9H2,(H,16,17). The molecule has 1 aromatic rings. The second-order valence-electron chi connectivity index (χ2n) is 4.75. The van der Waals surface area contributed by atoms with Crippen LogP contribution in [0.4, 0.5) is 0 Å². The lowest BCUT2D eigenvalue weighted by atomic mass is 10.1. The van der Waals surface area contributed by atoms with Gasteiger partial charge in [0.15, 0.2) is 0 Å². The predicted molar refractivity (Wildman–Crippen MR) is 70.3 cm³/mol. The van der Waals surface area contributed by atoms with Crippen LogP contribution in [0.25, 0.3) is 0 Å². The Morgan fingerprint density at radius 2 is 2.05 bits per heavy atom. The highest BCUT2D eigenvalue weighted by Gasteiger charge is 2.33. The molecule has 1 aliphatic rings. The van der Waals surface area contributed by atoms with Crippen molar-refractivity contribution in [3.8, 4) is 6.07 Å². The number of sulfonamides is 1. The molecule has 0 saturated carbocycles. The molecule has 0 bridgehead atoms. The van der Waals surface area contributed by atoms with Gasteiger partial charge in [0.25, 0.3) is 0 Å². The van der Waals surface area contributed by atoms with Crippen LogP contribution in [-0.4, -0.2) is 36.9 Å². The smallest absolute Gasteiger partial charge is 0.303 e. The Balaban J connectivity index is 2.15. The Hall–Kier alpha value is -1.91. The molecule has 1 fully saturated rings. The van der Waals surface area contributed by atoms with E-state index in [0.717, 1.165) is 0 Å². The first-order chi connectivity index (χ1) is 9.43. The van der Waals surface area contributed by atoms with Gasteiger partial charge in [0.1, 0.15) is 0 Å². The first kappa shape index (κ1) is 14.5. The highest BCUT2D eigenvalue weighted by Crippen LogP contribution is 2.26. The molecular weight excluding hydrogens is 280 g/mol. The summed E-state index contributed by atoms with van der Waals surface area (Å²) in [5.41, 5.74) is 0.397. The third-order valence-electron chi connectivity index (χ3n) is 3.33. The van der Waals surface area contributed by atoms with Crippen molar-refractivity contribution in [3.63, 3.8) is 0 Å². The second-order valence-corrected chi connectivity index (χ2v) is 6.69. The summed E-state index contributed by atoms with van der Waals surface area (Å²) in [5.74, 6) is -1.05. The molecule has 1 atom stereocenters. The van der Waals surface area contributed by atoms with Gasteiger partial charge in [-0.15, -0.1) is 0 Å². The minimum absolute atomic E-state index is 0.0145. The number of carboxylic acid groups (broad SMARTS) is 1. The van der Waals surface area contributed by atoms with Crippen LogP contribution in [0.1, 0.15) is 18.4 Å². The van der Waals surface area contributed by atoms with Gasteiger partial charge < -0.3 is 5.11 Å². The van der Waals surface area contributed by atoms with E-state index in [1.165, 1.54) is 28.6 Å². The van der Waals surface area contributed by atoms with E-state index in [4.69, 9.17) is 10.4 Å². The summed E-state index contributed by atoms with van der Waals surface area (Å²) < 4.78 is 26.0. The molecule has 1 unspecified atom stereocenters. The monoisotopic (exact) mass is 294 g/mol. The average molecular weight is 294 g/mol. The first-order valence-electron chi connectivity index (χ1n) is 6.15. The van der Waals surface area contributed by atoms with Crippen molar-refractivity contribution in [1.82, 2.24) is 4.31 Å². The largest absolute Gasteiger partial charge is 0.481 e. The lowest BCUT2D eigenvalue weighted by Gasteiger charge is -2.16. The van der Waals surface area contributed by atoms with Crippen molar-refractivity contribution in [2.45, 2.75) is 17.7 Å². The number of nitrogens with zero attached hydrogens (tertiary/aromatic N) is 2. The minimum Gasteiger partial charge on any atom is -0.481 e. The van der Waals surface area contributed by atoms with Crippen molar-refractivity contribution < 1.29 is 18.3 Å². The van der Waals surface area contributed by atoms with E-state index in [1.807, 2.05) is 6.07 Å². The van der Waals surface area contributed by atoms with Crippen LogP contribution in [-0.2, 0) is 14.8 Å². The highest BCUT2D eigenvalue weighted by molar-refractivity contribution is 7.89. The van der Waals surface area contributed by atoms with Crippen LogP contribution in [0, 0.1) is 17.2 Å². The number of carboxylic acids is 1. The summed E-state index contributed by atoms with van der Waals surface area (Å²) in [7, 11) is -3.60. The highest BCUT2D eigenvalue weighted by atomic mass is 32.2. The van der Waals surface area contributed by atoms with Crippen LogP contribution in [0.5, 0.6) is 0 Å². The van der Waals surface area contributed by atoms with Gasteiger partial charge in [-0.2, -0.15) is 9.57 Å². The summed E-state index contributed by atoms with van der Waals surface area (Å²) in [6, 6.07) is 7.64. The first-order valence-corrected chi connectivity index (χ1v) is 7.59. The Morgan fingerprint density at radius 1 is 1.40 bits per heavy atom. The average Bonchev–Trinajstić information content (AvgIpc) is 2.87. The van der Waals surface area contributed by atoms with Crippen LogP contribution in [0.3, 0.4) is 0 Å². The molecule has 0 aromatic heterocycles. The number of carbonyl (C=O) groups is 1. The molecule has 1 saturated heterocycles. The van der Waals surface area contributed by atoms with Gasteiger partial charge in [0.2, 0.25) is 10.0 Å². The third kappa shape index (κ3) is 2.98. The summed E-state index contributed by atoms with van der Waals surface area (Å²) in [6.45, 7) is 0.564. The lowest BCUT2D eigenvalue weighted by Crippen LogP contribution is -2.29. The van der Waals surface area contributed by atoms with Gasteiger partial charge in [-0.3, -0.25) is 4.79 Å². The van der Waals surface area contributed by atoms with E-state index in [0.29, 0.717) is 18.5 Å². The maximum absolute atomic E-state index is 12.4. The molecule has 0 radical (unpaired) electrons. The van der Waals surface area contributed by atoms with E-state index in [2.05, 4.69) is 0 Å². The van der Waals surface area contributed by atoms with E-state index >= 15 is 0 Å². The zero-order valence-electron chi connectivity index (χ0n) is 10.7. The molecule has 2 rings (SSSR count). The molecule has 106 valence electrons. The normalized spacial score (nSPS) is 19.6. The number of hydrogen-bond donors (Lipinski definition) is 1. The van der Waals surface area contributed by atoms with Gasteiger partial charge >= 0.3 is 5.97 Å². The third-order valence-corrected chi connectivity index (χ3v) is 5.21. The number of benzene rings is 1. The molecule has 20 heavy (non-hydrogen) atoms. The SMILES string of the molecule is N#Cc1ccc(S(=O)(=O)N2CCC(CC(=O)O)C2)cc1. The maximum Gasteiger partial charge on any atom is 0.303 e. The van der Waals surface area contributed by atoms with E-state index in [-0.39, 0.29) is 23.8 Å². The molecule has 0 amide bonds. The van der Waals surface area contributed by atoms with Gasteiger partial charge in [0, 0.05) is 19.5 Å². The fourth-order valence-electron chi connectivity index (χ4n) is 2.28. The van der Waals surface area contributed by atoms with Gasteiger partial charge in [-0.25, -0.2) is 8.42 Å². The van der Waals surface area contributed by atoms with Gasteiger partial charge in [-0.05, 0) is 36.6 Å². The number of rotatable bonds is 4. The van der Waals surface area contributed by atoms with Gasteiger partial charge in [-0.1, -0.05) is 0 Å². The molecular formula is C13H14N2O4S. The Kier molecular flexibility index (Phi) is 4.06. The van der Waals surface area contributed by atoms with Crippen molar-refractivity contribution >= 4 is 16.0 Å². The molecule has 1 aromatic carbocycles. The van der Waals surface area contributed by atoms with Crippen LogP contribution in [0.15, 0.2) is 29.2 Å². The Bertz CT molecular complexity index is 646. The van der Waals surface area contributed by atoms with Gasteiger partial charge in [0.05, 0.1) is 16.5 Å².